The molecule has 2 aliphatic rings. The molecule has 1 N–H and O–H groups in total. The van der Waals surface area contributed by atoms with Crippen LogP contribution < -0.4 is 10.2 Å². The number of hydrogen-bond donors (Lipinski definition) is 1. The maximum atomic E-state index is 3.70. The van der Waals surface area contributed by atoms with E-state index in [9.17, 15) is 0 Å². The van der Waals surface area contributed by atoms with Crippen molar-refractivity contribution in [1.82, 2.24) is 5.32 Å². The molecule has 0 aromatic heterocycles. The van der Waals surface area contributed by atoms with Crippen molar-refractivity contribution in [2.24, 2.45) is 11.3 Å². The predicted octanol–water partition coefficient (Wildman–Crippen LogP) is 3.27. The molecule has 2 heterocycles. The Bertz CT molecular complexity index is 427. The molecule has 0 amide bonds. The second-order valence-corrected chi connectivity index (χ2v) is 7.21. The maximum Gasteiger partial charge on any atom is 0.0367 e. The number of halogens is 1. The molecular weight excluding hydrogens is 288 g/mol. The van der Waals surface area contributed by atoms with Crippen molar-refractivity contribution >= 4 is 21.6 Å². The lowest BCUT2D eigenvalue weighted by molar-refractivity contribution is 0.237. The fraction of sp³-hybridized carbons (Fsp3) is 0.600. The summed E-state index contributed by atoms with van der Waals surface area (Å²) < 4.78 is 1.16. The molecule has 1 aromatic carbocycles. The van der Waals surface area contributed by atoms with Crippen LogP contribution in [0.3, 0.4) is 0 Å². The van der Waals surface area contributed by atoms with Crippen LogP contribution in [0, 0.1) is 11.3 Å². The van der Waals surface area contributed by atoms with Gasteiger partial charge in [0.25, 0.3) is 0 Å². The molecule has 3 rings (SSSR count). The summed E-state index contributed by atoms with van der Waals surface area (Å²) in [6, 6.07) is 9.45. The minimum absolute atomic E-state index is 0.429. The Morgan fingerprint density at radius 3 is 2.72 bits per heavy atom. The molecule has 2 unspecified atom stereocenters. The first kappa shape index (κ1) is 12.5. The van der Waals surface area contributed by atoms with Crippen molar-refractivity contribution < 1.29 is 0 Å². The first-order valence-corrected chi connectivity index (χ1v) is 7.59. The van der Waals surface area contributed by atoms with Crippen LogP contribution in [0.15, 0.2) is 28.7 Å². The van der Waals surface area contributed by atoms with Crippen molar-refractivity contribution in [3.8, 4) is 0 Å². The molecular formula is C15H21BrN2. The number of piperidine rings is 1. The van der Waals surface area contributed by atoms with Gasteiger partial charge in [-0.25, -0.2) is 0 Å². The molecule has 98 valence electrons. The largest absolute Gasteiger partial charge is 0.371 e. The number of fused-ring (bicyclic) bond motifs is 1. The Hall–Kier alpha value is -0.540. The van der Waals surface area contributed by atoms with Crippen LogP contribution in [0.1, 0.15) is 20.3 Å². The summed E-state index contributed by atoms with van der Waals surface area (Å²) in [5.41, 5.74) is 1.79. The smallest absolute Gasteiger partial charge is 0.0367 e. The lowest BCUT2D eigenvalue weighted by atomic mass is 9.76. The molecule has 2 aliphatic heterocycles. The number of hydrogen-bond acceptors (Lipinski definition) is 2. The van der Waals surface area contributed by atoms with Crippen LogP contribution in [0.4, 0.5) is 5.69 Å². The van der Waals surface area contributed by atoms with Gasteiger partial charge < -0.3 is 10.2 Å². The monoisotopic (exact) mass is 308 g/mol. The molecule has 2 fully saturated rings. The van der Waals surface area contributed by atoms with Gasteiger partial charge in [0.2, 0.25) is 0 Å². The van der Waals surface area contributed by atoms with E-state index >= 15 is 0 Å². The van der Waals surface area contributed by atoms with E-state index in [2.05, 4.69) is 64.3 Å². The van der Waals surface area contributed by atoms with E-state index in [4.69, 9.17) is 0 Å². The summed E-state index contributed by atoms with van der Waals surface area (Å²) in [6.07, 6.45) is 1.27. The van der Waals surface area contributed by atoms with Gasteiger partial charge in [-0.3, -0.25) is 0 Å². The summed E-state index contributed by atoms with van der Waals surface area (Å²) >= 11 is 3.50. The number of anilines is 1. The van der Waals surface area contributed by atoms with Crippen molar-refractivity contribution in [1.29, 1.82) is 0 Å². The molecule has 2 atom stereocenters. The van der Waals surface area contributed by atoms with Gasteiger partial charge >= 0.3 is 0 Å². The Labute approximate surface area is 118 Å². The van der Waals surface area contributed by atoms with E-state index in [0.29, 0.717) is 5.41 Å². The van der Waals surface area contributed by atoms with Crippen LogP contribution in [0.25, 0.3) is 0 Å². The van der Waals surface area contributed by atoms with E-state index < -0.39 is 0 Å². The van der Waals surface area contributed by atoms with Gasteiger partial charge in [0.15, 0.2) is 0 Å². The minimum Gasteiger partial charge on any atom is -0.371 e. The van der Waals surface area contributed by atoms with Gasteiger partial charge in [-0.15, -0.1) is 0 Å². The summed E-state index contributed by atoms with van der Waals surface area (Å²) in [5, 5.41) is 3.70. The molecule has 2 nitrogen and oxygen atoms in total. The highest BCUT2D eigenvalue weighted by molar-refractivity contribution is 9.10. The average Bonchev–Trinajstić information content (AvgIpc) is 2.66. The third kappa shape index (κ3) is 2.19. The number of nitrogens with zero attached hydrogens (tertiary/aromatic N) is 1. The van der Waals surface area contributed by atoms with Gasteiger partial charge in [-0.05, 0) is 42.0 Å². The normalized spacial score (nSPS) is 30.3. The quantitative estimate of drug-likeness (QED) is 0.856. The molecule has 0 radical (unpaired) electrons. The molecule has 0 spiro atoms. The zero-order valence-electron chi connectivity index (χ0n) is 11.1. The van der Waals surface area contributed by atoms with Crippen LogP contribution >= 0.6 is 15.9 Å². The van der Waals surface area contributed by atoms with Gasteiger partial charge in [-0.2, -0.15) is 0 Å². The van der Waals surface area contributed by atoms with Crippen molar-refractivity contribution in [3.63, 3.8) is 0 Å². The predicted molar refractivity (Wildman–Crippen MR) is 80.0 cm³/mol. The van der Waals surface area contributed by atoms with Gasteiger partial charge in [0, 0.05) is 35.8 Å². The summed E-state index contributed by atoms with van der Waals surface area (Å²) in [4.78, 5) is 2.54. The van der Waals surface area contributed by atoms with E-state index in [1.54, 1.807) is 0 Å². The van der Waals surface area contributed by atoms with E-state index in [-0.39, 0.29) is 0 Å². The first-order valence-electron chi connectivity index (χ1n) is 6.80. The zero-order valence-corrected chi connectivity index (χ0v) is 12.7. The fourth-order valence-electron chi connectivity index (χ4n) is 3.40. The SMILES string of the molecule is CC1(C)CNC2CCN(c3ccc(Br)cc3)CC21. The maximum absolute atomic E-state index is 3.70. The van der Waals surface area contributed by atoms with Crippen LogP contribution in [0.2, 0.25) is 0 Å². The summed E-state index contributed by atoms with van der Waals surface area (Å²) in [5.74, 6) is 0.773. The second kappa shape index (κ2) is 4.53. The highest BCUT2D eigenvalue weighted by Crippen LogP contribution is 2.39. The summed E-state index contributed by atoms with van der Waals surface area (Å²) in [6.45, 7) is 8.32. The fourth-order valence-corrected chi connectivity index (χ4v) is 3.66. The third-order valence-corrected chi connectivity index (χ3v) is 5.16. The molecule has 1 aromatic rings. The molecule has 0 bridgehead atoms. The topological polar surface area (TPSA) is 15.3 Å². The number of nitrogens with one attached hydrogen (secondary N) is 1. The molecule has 2 saturated heterocycles. The lowest BCUT2D eigenvalue weighted by Gasteiger charge is -2.40. The Balaban J connectivity index is 1.78. The molecule has 18 heavy (non-hydrogen) atoms. The van der Waals surface area contributed by atoms with Crippen LogP contribution in [0.5, 0.6) is 0 Å². The molecule has 3 heteroatoms. The third-order valence-electron chi connectivity index (χ3n) is 4.63. The van der Waals surface area contributed by atoms with Crippen molar-refractivity contribution in [2.75, 3.05) is 24.5 Å². The number of benzene rings is 1. The first-order chi connectivity index (χ1) is 8.56. The van der Waals surface area contributed by atoms with Crippen molar-refractivity contribution in [3.05, 3.63) is 28.7 Å². The highest BCUT2D eigenvalue weighted by Gasteiger charge is 2.44. The second-order valence-electron chi connectivity index (χ2n) is 6.29. The van der Waals surface area contributed by atoms with Gasteiger partial charge in [-0.1, -0.05) is 29.8 Å². The zero-order chi connectivity index (χ0) is 12.8. The Kier molecular flexibility index (Phi) is 3.15. The summed E-state index contributed by atoms with van der Waals surface area (Å²) in [7, 11) is 0. The standard InChI is InChI=1S/C15H21BrN2/c1-15(2)10-17-14-7-8-18(9-13(14)15)12-5-3-11(16)4-6-12/h3-6,13-14,17H,7-10H2,1-2H3. The van der Waals surface area contributed by atoms with Gasteiger partial charge in [0.05, 0.1) is 0 Å². The Morgan fingerprint density at radius 2 is 2.00 bits per heavy atom. The average molecular weight is 309 g/mol. The van der Waals surface area contributed by atoms with E-state index in [0.717, 1.165) is 23.0 Å². The van der Waals surface area contributed by atoms with Crippen LogP contribution in [-0.4, -0.2) is 25.7 Å². The molecule has 0 aliphatic carbocycles. The number of rotatable bonds is 1. The van der Waals surface area contributed by atoms with Gasteiger partial charge in [0.1, 0.15) is 0 Å². The van der Waals surface area contributed by atoms with Crippen LogP contribution in [-0.2, 0) is 0 Å². The highest BCUT2D eigenvalue weighted by atomic mass is 79.9. The van der Waals surface area contributed by atoms with Crippen molar-refractivity contribution in [2.45, 2.75) is 26.3 Å². The molecule has 0 saturated carbocycles. The van der Waals surface area contributed by atoms with E-state index in [1.807, 2.05) is 0 Å². The van der Waals surface area contributed by atoms with E-state index in [1.165, 1.54) is 25.2 Å². The minimum atomic E-state index is 0.429. The lowest BCUT2D eigenvalue weighted by Crippen LogP contribution is -2.47. The Morgan fingerprint density at radius 1 is 1.28 bits per heavy atom.